The van der Waals surface area contributed by atoms with Crippen molar-refractivity contribution in [1.29, 1.82) is 0 Å². The van der Waals surface area contributed by atoms with Crippen molar-refractivity contribution in [2.24, 2.45) is 5.41 Å². The summed E-state index contributed by atoms with van der Waals surface area (Å²) < 4.78 is 54.3. The molecule has 0 spiro atoms. The third-order valence-corrected chi connectivity index (χ3v) is 12.8. The molecule has 2 aromatic rings. The third-order valence-electron chi connectivity index (χ3n) is 12.8. The number of nitrogens with zero attached hydrogens (tertiary/aromatic N) is 3. The SMILES string of the molecule is CCCCCCCOCC(C)(COCCCCCCC)COCc1cn(C[C@H]2OCC(O)(CO[C@@H]3OC(COC(=O)c4cc(OCCCCC)cc(OCCCCC)c4)[C@@H](O)C(O)C3O)C(O)C2O)nn1. The molecule has 2 fully saturated rings. The minimum Gasteiger partial charge on any atom is -0.493 e. The topological polar surface area (TPSA) is 252 Å². The summed E-state index contributed by atoms with van der Waals surface area (Å²) in [5, 5.41) is 74.4. The second-order valence-electron chi connectivity index (χ2n) is 19.8. The number of esters is 1. The van der Waals surface area contributed by atoms with Crippen LogP contribution in [0.15, 0.2) is 24.4 Å². The summed E-state index contributed by atoms with van der Waals surface area (Å²) in [4.78, 5) is 13.3. The van der Waals surface area contributed by atoms with Crippen LogP contribution >= 0.6 is 0 Å². The van der Waals surface area contributed by atoms with E-state index in [4.69, 9.17) is 42.6 Å². The van der Waals surface area contributed by atoms with Crippen LogP contribution in [-0.2, 0) is 46.3 Å². The van der Waals surface area contributed by atoms with E-state index in [0.717, 1.165) is 64.2 Å². The van der Waals surface area contributed by atoms with Gasteiger partial charge in [-0.25, -0.2) is 9.48 Å². The quantitative estimate of drug-likeness (QED) is 0.0362. The first kappa shape index (κ1) is 60.5. The molecule has 6 unspecified atom stereocenters. The zero-order valence-corrected chi connectivity index (χ0v) is 43.3. The Bertz CT molecular complexity index is 1690. The van der Waals surface area contributed by atoms with Crippen LogP contribution in [0.3, 0.4) is 0 Å². The average molecular weight is 1010 g/mol. The highest BCUT2D eigenvalue weighted by molar-refractivity contribution is 5.90. The van der Waals surface area contributed by atoms with Crippen LogP contribution < -0.4 is 9.47 Å². The van der Waals surface area contributed by atoms with Gasteiger partial charge in [0.05, 0.1) is 71.2 Å². The highest BCUT2D eigenvalue weighted by Crippen LogP contribution is 2.30. The van der Waals surface area contributed by atoms with Gasteiger partial charge in [0.25, 0.3) is 0 Å². The number of carbonyl (C=O) groups is 1. The largest absolute Gasteiger partial charge is 0.493 e. The van der Waals surface area contributed by atoms with Crippen molar-refractivity contribution in [2.75, 3.05) is 66.1 Å². The first-order valence-corrected chi connectivity index (χ1v) is 26.5. The molecule has 71 heavy (non-hydrogen) atoms. The Morgan fingerprint density at radius 2 is 1.25 bits per heavy atom. The van der Waals surface area contributed by atoms with Crippen molar-refractivity contribution in [3.05, 3.63) is 35.7 Å². The lowest BCUT2D eigenvalue weighted by molar-refractivity contribution is -0.322. The van der Waals surface area contributed by atoms with Gasteiger partial charge in [-0.05, 0) is 37.8 Å². The van der Waals surface area contributed by atoms with E-state index >= 15 is 0 Å². The molecular weight excluding hydrogens is 923 g/mol. The Kier molecular flexibility index (Phi) is 28.1. The molecule has 0 radical (unpaired) electrons. The third kappa shape index (κ3) is 21.0. The lowest BCUT2D eigenvalue weighted by atomic mass is 9.88. The summed E-state index contributed by atoms with van der Waals surface area (Å²) in [5.74, 6) is 0.0874. The standard InChI is InChI=1S/C52H89N3O16/c1-6-10-14-16-20-22-63-33-51(5,34-64-23-21-17-15-11-7-2)35-65-31-39-29-55(54-53-39)30-42-45(57)48(60)52(62,36-69-42)37-70-50-47(59)46(58)44(56)43(71-50)32-68-49(61)38-26-40(66-24-18-12-8-3)28-41(27-38)67-25-19-13-9-4/h26-29,42-48,50,56-60,62H,6-25,30-37H2,1-5H3/t42-,43?,44-,45?,46?,47?,48?,50-,52?/m1/s1. The van der Waals surface area contributed by atoms with Crippen LogP contribution in [0, 0.1) is 5.41 Å². The van der Waals surface area contributed by atoms with Crippen LogP contribution in [0.1, 0.15) is 153 Å². The number of hydrogen-bond donors (Lipinski definition) is 6. The number of carbonyl (C=O) groups excluding carboxylic acids is 1. The molecule has 1 aromatic heterocycles. The Labute approximate surface area is 421 Å². The predicted octanol–water partition coefficient (Wildman–Crippen LogP) is 5.45. The molecule has 2 aliphatic heterocycles. The first-order chi connectivity index (χ1) is 34.3. The van der Waals surface area contributed by atoms with Gasteiger partial charge in [0.15, 0.2) is 6.29 Å². The average Bonchev–Trinajstić information content (AvgIpc) is 3.81. The lowest BCUT2D eigenvalue weighted by Gasteiger charge is -2.45. The molecule has 6 N–H and O–H groups in total. The van der Waals surface area contributed by atoms with Crippen molar-refractivity contribution in [2.45, 2.75) is 205 Å². The fourth-order valence-electron chi connectivity index (χ4n) is 8.30. The van der Waals surface area contributed by atoms with Gasteiger partial charge >= 0.3 is 5.97 Å². The second kappa shape index (κ2) is 33.0. The minimum atomic E-state index is -2.19. The van der Waals surface area contributed by atoms with Crippen LogP contribution in [0.25, 0.3) is 0 Å². The fourth-order valence-corrected chi connectivity index (χ4v) is 8.30. The summed E-state index contributed by atoms with van der Waals surface area (Å²) in [6, 6.07) is 4.78. The summed E-state index contributed by atoms with van der Waals surface area (Å²) in [5.41, 5.74) is -1.89. The molecule has 4 rings (SSSR count). The number of aliphatic hydroxyl groups excluding tert-OH is 5. The number of unbranched alkanes of at least 4 members (excludes halogenated alkanes) is 12. The maximum Gasteiger partial charge on any atom is 0.338 e. The molecule has 9 atom stereocenters. The Hall–Kier alpha value is -3.05. The van der Waals surface area contributed by atoms with E-state index in [9.17, 15) is 35.4 Å². The molecule has 0 aliphatic carbocycles. The highest BCUT2D eigenvalue weighted by Gasteiger charge is 2.51. The first-order valence-electron chi connectivity index (χ1n) is 26.5. The van der Waals surface area contributed by atoms with E-state index in [1.54, 1.807) is 12.3 Å². The van der Waals surface area contributed by atoms with E-state index in [1.165, 1.54) is 55.3 Å². The van der Waals surface area contributed by atoms with Crippen LogP contribution in [0.5, 0.6) is 11.5 Å². The molecule has 19 heteroatoms. The van der Waals surface area contributed by atoms with Gasteiger partial charge in [-0.1, -0.05) is 117 Å². The van der Waals surface area contributed by atoms with Crippen molar-refractivity contribution < 1.29 is 78.1 Å². The number of benzene rings is 1. The minimum absolute atomic E-state index is 0.0173. The molecular formula is C52H89N3O16. The molecule has 0 amide bonds. The number of aliphatic hydroxyl groups is 6. The number of ether oxygens (including phenoxy) is 9. The highest BCUT2D eigenvalue weighted by atomic mass is 16.7. The second-order valence-corrected chi connectivity index (χ2v) is 19.8. The van der Waals surface area contributed by atoms with Crippen LogP contribution in [0.2, 0.25) is 0 Å². The number of hydrogen-bond acceptors (Lipinski definition) is 18. The molecule has 3 heterocycles. The fraction of sp³-hybridized carbons (Fsp3) is 0.827. The zero-order valence-electron chi connectivity index (χ0n) is 43.3. The summed E-state index contributed by atoms with van der Waals surface area (Å²) in [7, 11) is 0. The van der Waals surface area contributed by atoms with Gasteiger partial charge in [-0.3, -0.25) is 0 Å². The summed E-state index contributed by atoms with van der Waals surface area (Å²) >= 11 is 0. The van der Waals surface area contributed by atoms with E-state index in [0.29, 0.717) is 63.4 Å². The van der Waals surface area contributed by atoms with Gasteiger partial charge in [0.1, 0.15) is 72.1 Å². The van der Waals surface area contributed by atoms with Gasteiger partial charge in [-0.2, -0.15) is 0 Å². The Morgan fingerprint density at radius 3 is 1.85 bits per heavy atom. The lowest BCUT2D eigenvalue weighted by Crippen LogP contribution is -2.65. The maximum atomic E-state index is 13.3. The number of rotatable bonds is 38. The molecule has 1 aromatic carbocycles. The Morgan fingerprint density at radius 1 is 0.704 bits per heavy atom. The number of aromatic nitrogens is 3. The van der Waals surface area contributed by atoms with Gasteiger partial charge < -0.3 is 73.3 Å². The van der Waals surface area contributed by atoms with Crippen molar-refractivity contribution >= 4 is 5.97 Å². The normalized spacial score (nSPS) is 24.8. The van der Waals surface area contributed by atoms with E-state index in [-0.39, 0.29) is 24.1 Å². The predicted molar refractivity (Wildman–Crippen MR) is 263 cm³/mol. The maximum absolute atomic E-state index is 13.3. The van der Waals surface area contributed by atoms with E-state index in [2.05, 4.69) is 44.9 Å². The molecule has 2 saturated heterocycles. The smallest absolute Gasteiger partial charge is 0.338 e. The van der Waals surface area contributed by atoms with Gasteiger partial charge in [0.2, 0.25) is 0 Å². The molecule has 19 nitrogen and oxygen atoms in total. The van der Waals surface area contributed by atoms with Gasteiger partial charge in [0, 0.05) is 24.7 Å². The molecule has 0 saturated carbocycles. The van der Waals surface area contributed by atoms with Crippen LogP contribution in [0.4, 0.5) is 0 Å². The summed E-state index contributed by atoms with van der Waals surface area (Å²) in [6.07, 6.45) is 6.25. The van der Waals surface area contributed by atoms with E-state index < -0.39 is 80.4 Å². The van der Waals surface area contributed by atoms with E-state index in [1.807, 2.05) is 0 Å². The van der Waals surface area contributed by atoms with Crippen molar-refractivity contribution in [3.63, 3.8) is 0 Å². The van der Waals surface area contributed by atoms with Crippen molar-refractivity contribution in [1.82, 2.24) is 15.0 Å². The van der Waals surface area contributed by atoms with Crippen LogP contribution in [-0.4, -0.2) is 172 Å². The van der Waals surface area contributed by atoms with Gasteiger partial charge in [-0.15, -0.1) is 5.10 Å². The zero-order chi connectivity index (χ0) is 51.5. The molecule has 408 valence electrons. The monoisotopic (exact) mass is 1010 g/mol. The molecule has 0 bridgehead atoms. The molecule has 2 aliphatic rings. The Balaban J connectivity index is 1.26. The van der Waals surface area contributed by atoms with Crippen molar-refractivity contribution in [3.8, 4) is 11.5 Å². The summed E-state index contributed by atoms with van der Waals surface area (Å²) in [6.45, 7) is 12.7.